The van der Waals surface area contributed by atoms with Crippen LogP contribution in [0.5, 0.6) is 0 Å². The molecular formula is C16H10O2. The van der Waals surface area contributed by atoms with E-state index in [1.807, 2.05) is 30.3 Å². The van der Waals surface area contributed by atoms with Crippen molar-refractivity contribution in [3.8, 4) is 11.8 Å². The standard InChI is InChI=1S/C16H10O2/c17-12-16(18)15-8-4-7-14(11-15)10-9-13-5-2-1-3-6-13/h1-8,11-12H. The monoisotopic (exact) mass is 234 g/mol. The first kappa shape index (κ1) is 11.8. The molecule has 0 unspecified atom stereocenters. The lowest BCUT2D eigenvalue weighted by molar-refractivity contribution is -0.104. The van der Waals surface area contributed by atoms with Crippen LogP contribution in [0.15, 0.2) is 54.6 Å². The van der Waals surface area contributed by atoms with E-state index in [1.54, 1.807) is 24.3 Å². The number of benzene rings is 2. The Morgan fingerprint density at radius 2 is 1.56 bits per heavy atom. The fourth-order valence-electron chi connectivity index (χ4n) is 1.48. The number of ketones is 1. The number of hydrogen-bond donors (Lipinski definition) is 0. The first-order chi connectivity index (χ1) is 8.79. The Labute approximate surface area is 105 Å². The molecule has 0 fully saturated rings. The summed E-state index contributed by atoms with van der Waals surface area (Å²) in [5.74, 6) is 5.43. The lowest BCUT2D eigenvalue weighted by atomic mass is 10.1. The van der Waals surface area contributed by atoms with Crippen molar-refractivity contribution in [2.75, 3.05) is 0 Å². The van der Waals surface area contributed by atoms with Crippen LogP contribution in [0.1, 0.15) is 21.5 Å². The second kappa shape index (κ2) is 5.60. The number of Topliss-reactive ketones (excluding diaryl/α,β-unsaturated/α-hetero) is 1. The fourth-order valence-corrected chi connectivity index (χ4v) is 1.48. The Hall–Kier alpha value is -2.66. The normalized spacial score (nSPS) is 9.11. The number of carbonyl (C=O) groups excluding carboxylic acids is 2. The van der Waals surface area contributed by atoms with Crippen LogP contribution in [0.3, 0.4) is 0 Å². The zero-order chi connectivity index (χ0) is 12.8. The van der Waals surface area contributed by atoms with Gasteiger partial charge in [0.25, 0.3) is 0 Å². The van der Waals surface area contributed by atoms with Crippen LogP contribution < -0.4 is 0 Å². The number of rotatable bonds is 2. The van der Waals surface area contributed by atoms with Crippen molar-refractivity contribution in [3.63, 3.8) is 0 Å². The van der Waals surface area contributed by atoms with E-state index >= 15 is 0 Å². The molecule has 0 radical (unpaired) electrons. The molecule has 0 aromatic heterocycles. The van der Waals surface area contributed by atoms with Gasteiger partial charge >= 0.3 is 0 Å². The molecule has 0 atom stereocenters. The van der Waals surface area contributed by atoms with Gasteiger partial charge in [-0.1, -0.05) is 42.2 Å². The Balaban J connectivity index is 2.28. The van der Waals surface area contributed by atoms with E-state index in [0.29, 0.717) is 17.4 Å². The molecule has 0 aliphatic carbocycles. The molecule has 0 aliphatic heterocycles. The molecule has 0 bridgehead atoms. The van der Waals surface area contributed by atoms with Crippen LogP contribution >= 0.6 is 0 Å². The molecule has 0 saturated carbocycles. The summed E-state index contributed by atoms with van der Waals surface area (Å²) in [7, 11) is 0. The van der Waals surface area contributed by atoms with Gasteiger partial charge in [0.15, 0.2) is 6.29 Å². The van der Waals surface area contributed by atoms with Crippen LogP contribution in [0, 0.1) is 11.8 Å². The maximum atomic E-state index is 11.2. The summed E-state index contributed by atoms with van der Waals surface area (Å²) in [6, 6.07) is 16.3. The van der Waals surface area contributed by atoms with Crippen LogP contribution in [0.25, 0.3) is 0 Å². The van der Waals surface area contributed by atoms with Crippen molar-refractivity contribution in [2.45, 2.75) is 0 Å². The summed E-state index contributed by atoms with van der Waals surface area (Å²) in [6.45, 7) is 0. The van der Waals surface area contributed by atoms with E-state index in [4.69, 9.17) is 0 Å². The average Bonchev–Trinajstić information content (AvgIpc) is 2.45. The van der Waals surface area contributed by atoms with Gasteiger partial charge in [0.1, 0.15) is 0 Å². The minimum atomic E-state index is -0.529. The van der Waals surface area contributed by atoms with Gasteiger partial charge in [-0.2, -0.15) is 0 Å². The van der Waals surface area contributed by atoms with E-state index in [1.165, 1.54) is 0 Å². The Morgan fingerprint density at radius 3 is 2.28 bits per heavy atom. The van der Waals surface area contributed by atoms with E-state index in [-0.39, 0.29) is 0 Å². The molecule has 2 aromatic rings. The van der Waals surface area contributed by atoms with Gasteiger partial charge in [-0.15, -0.1) is 0 Å². The van der Waals surface area contributed by atoms with Crippen molar-refractivity contribution < 1.29 is 9.59 Å². The second-order valence-electron chi connectivity index (χ2n) is 3.68. The maximum Gasteiger partial charge on any atom is 0.225 e. The molecule has 2 aromatic carbocycles. The van der Waals surface area contributed by atoms with Gasteiger partial charge in [-0.05, 0) is 24.3 Å². The number of hydrogen-bond acceptors (Lipinski definition) is 2. The van der Waals surface area contributed by atoms with Crippen molar-refractivity contribution in [3.05, 3.63) is 71.3 Å². The van der Waals surface area contributed by atoms with Crippen molar-refractivity contribution in [1.82, 2.24) is 0 Å². The number of carbonyl (C=O) groups is 2. The van der Waals surface area contributed by atoms with Crippen LogP contribution in [0.2, 0.25) is 0 Å². The highest BCUT2D eigenvalue weighted by atomic mass is 16.2. The third-order valence-corrected chi connectivity index (χ3v) is 2.38. The van der Waals surface area contributed by atoms with Crippen molar-refractivity contribution in [1.29, 1.82) is 0 Å². The zero-order valence-corrected chi connectivity index (χ0v) is 9.59. The molecule has 0 saturated heterocycles. The van der Waals surface area contributed by atoms with E-state index in [2.05, 4.69) is 11.8 Å². The zero-order valence-electron chi connectivity index (χ0n) is 9.59. The predicted molar refractivity (Wildman–Crippen MR) is 69.3 cm³/mol. The largest absolute Gasteiger partial charge is 0.294 e. The van der Waals surface area contributed by atoms with E-state index in [9.17, 15) is 9.59 Å². The minimum Gasteiger partial charge on any atom is -0.294 e. The molecular weight excluding hydrogens is 224 g/mol. The minimum absolute atomic E-state index is 0.309. The van der Waals surface area contributed by atoms with Gasteiger partial charge in [-0.25, -0.2) is 0 Å². The predicted octanol–water partition coefficient (Wildman–Crippen LogP) is 2.47. The van der Waals surface area contributed by atoms with Gasteiger partial charge < -0.3 is 0 Å². The number of aldehydes is 1. The highest BCUT2D eigenvalue weighted by Gasteiger charge is 2.02. The summed E-state index contributed by atoms with van der Waals surface area (Å²) >= 11 is 0. The molecule has 0 spiro atoms. The Kier molecular flexibility index (Phi) is 3.68. The first-order valence-electron chi connectivity index (χ1n) is 5.46. The van der Waals surface area contributed by atoms with Gasteiger partial charge in [-0.3, -0.25) is 9.59 Å². The van der Waals surface area contributed by atoms with E-state index < -0.39 is 5.78 Å². The molecule has 86 valence electrons. The van der Waals surface area contributed by atoms with Gasteiger partial charge in [0, 0.05) is 16.7 Å². The summed E-state index contributed by atoms with van der Waals surface area (Å²) < 4.78 is 0. The lowest BCUT2D eigenvalue weighted by Gasteiger charge is -1.94. The summed E-state index contributed by atoms with van der Waals surface area (Å²) in [5, 5.41) is 0. The molecule has 0 N–H and O–H groups in total. The molecule has 18 heavy (non-hydrogen) atoms. The quantitative estimate of drug-likeness (QED) is 0.346. The Bertz CT molecular complexity index is 631. The molecule has 0 heterocycles. The van der Waals surface area contributed by atoms with Crippen LogP contribution in [-0.2, 0) is 4.79 Å². The fraction of sp³-hybridized carbons (Fsp3) is 0. The summed E-state index contributed by atoms with van der Waals surface area (Å²) in [4.78, 5) is 21.6. The molecule has 2 nitrogen and oxygen atoms in total. The third-order valence-electron chi connectivity index (χ3n) is 2.38. The lowest BCUT2D eigenvalue weighted by Crippen LogP contribution is -1.99. The van der Waals surface area contributed by atoms with Gasteiger partial charge in [0.2, 0.25) is 5.78 Å². The van der Waals surface area contributed by atoms with Crippen molar-refractivity contribution >= 4 is 12.1 Å². The molecule has 0 aliphatic rings. The maximum absolute atomic E-state index is 11.2. The molecule has 2 rings (SSSR count). The smallest absolute Gasteiger partial charge is 0.225 e. The molecule has 0 amide bonds. The van der Waals surface area contributed by atoms with Gasteiger partial charge in [0.05, 0.1) is 0 Å². The summed E-state index contributed by atoms with van der Waals surface area (Å²) in [5.41, 5.74) is 1.99. The average molecular weight is 234 g/mol. The third kappa shape index (κ3) is 2.93. The van der Waals surface area contributed by atoms with Crippen molar-refractivity contribution in [2.24, 2.45) is 0 Å². The molecule has 2 heteroatoms. The first-order valence-corrected chi connectivity index (χ1v) is 5.46. The SMILES string of the molecule is O=CC(=O)c1cccc(C#Cc2ccccc2)c1. The van der Waals surface area contributed by atoms with E-state index in [0.717, 1.165) is 5.56 Å². The highest BCUT2D eigenvalue weighted by Crippen LogP contribution is 2.05. The second-order valence-corrected chi connectivity index (χ2v) is 3.68. The highest BCUT2D eigenvalue weighted by molar-refractivity contribution is 6.33. The topological polar surface area (TPSA) is 34.1 Å². The van der Waals surface area contributed by atoms with Crippen LogP contribution in [0.4, 0.5) is 0 Å². The Morgan fingerprint density at radius 1 is 0.889 bits per heavy atom. The van der Waals surface area contributed by atoms with Crippen LogP contribution in [-0.4, -0.2) is 12.1 Å². The summed E-state index contributed by atoms with van der Waals surface area (Å²) in [6.07, 6.45) is 0.309.